The summed E-state index contributed by atoms with van der Waals surface area (Å²) in [6.07, 6.45) is 0.485. The maximum atomic E-state index is 12.8. The van der Waals surface area contributed by atoms with Crippen molar-refractivity contribution in [3.8, 4) is 11.5 Å². The highest BCUT2D eigenvalue weighted by Crippen LogP contribution is 2.37. The normalized spacial score (nSPS) is 11.3. The lowest BCUT2D eigenvalue weighted by Gasteiger charge is -2.15. The Morgan fingerprint density at radius 1 is 1.03 bits per heavy atom. The maximum Gasteiger partial charge on any atom is 0.307 e. The molecule has 3 aromatic rings. The summed E-state index contributed by atoms with van der Waals surface area (Å²) in [5.41, 5.74) is 0.663. The fourth-order valence-corrected chi connectivity index (χ4v) is 5.58. The summed E-state index contributed by atoms with van der Waals surface area (Å²) in [7, 11) is -0.521. The number of fused-ring (bicyclic) bond motifs is 1. The number of thiophene rings is 1. The van der Waals surface area contributed by atoms with Crippen LogP contribution in [0.2, 0.25) is 0 Å². The van der Waals surface area contributed by atoms with E-state index in [2.05, 4.69) is 0 Å². The SMILES string of the molecule is CCOC(=O)CCN(C)C(=O)c1cc2cc(OC)c(OCCCOS(=O)(=O)Cc3ccccc3)cc2s1. The van der Waals surface area contributed by atoms with E-state index in [9.17, 15) is 18.0 Å². The molecule has 0 atom stereocenters. The highest BCUT2D eigenvalue weighted by molar-refractivity contribution is 7.85. The minimum Gasteiger partial charge on any atom is -0.493 e. The number of carbonyl (C=O) groups is 2. The van der Waals surface area contributed by atoms with Crippen LogP contribution >= 0.6 is 11.3 Å². The Balaban J connectivity index is 1.56. The van der Waals surface area contributed by atoms with E-state index in [0.717, 1.165) is 10.1 Å². The van der Waals surface area contributed by atoms with Gasteiger partial charge in [0.05, 0.1) is 38.2 Å². The van der Waals surface area contributed by atoms with E-state index < -0.39 is 10.1 Å². The van der Waals surface area contributed by atoms with Crippen molar-refractivity contribution in [3.63, 3.8) is 0 Å². The summed E-state index contributed by atoms with van der Waals surface area (Å²) < 4.78 is 46.4. The molecule has 0 unspecified atom stereocenters. The van der Waals surface area contributed by atoms with Crippen LogP contribution in [0.1, 0.15) is 35.0 Å². The summed E-state index contributed by atoms with van der Waals surface area (Å²) in [5.74, 6) is 0.262. The first-order valence-corrected chi connectivity index (χ1v) is 14.2. The van der Waals surface area contributed by atoms with Gasteiger partial charge < -0.3 is 19.1 Å². The van der Waals surface area contributed by atoms with Gasteiger partial charge in [0.1, 0.15) is 5.75 Å². The van der Waals surface area contributed by atoms with Gasteiger partial charge in [-0.15, -0.1) is 11.3 Å². The van der Waals surface area contributed by atoms with Gasteiger partial charge >= 0.3 is 5.97 Å². The average molecular weight is 550 g/mol. The number of rotatable bonds is 14. The predicted octanol–water partition coefficient (Wildman–Crippen LogP) is 4.25. The zero-order chi connectivity index (χ0) is 26.8. The van der Waals surface area contributed by atoms with Crippen LogP contribution in [0.15, 0.2) is 48.5 Å². The number of hydrogen-bond acceptors (Lipinski definition) is 9. The third kappa shape index (κ3) is 8.44. The molecule has 0 saturated heterocycles. The highest BCUT2D eigenvalue weighted by Gasteiger charge is 2.18. The molecule has 37 heavy (non-hydrogen) atoms. The summed E-state index contributed by atoms with van der Waals surface area (Å²) in [5, 5.41) is 0.826. The Morgan fingerprint density at radius 2 is 1.78 bits per heavy atom. The molecule has 0 N–H and O–H groups in total. The van der Waals surface area contributed by atoms with Crippen LogP contribution < -0.4 is 9.47 Å². The molecule has 0 aliphatic rings. The molecule has 0 bridgehead atoms. The molecule has 0 radical (unpaired) electrons. The fraction of sp³-hybridized carbons (Fsp3) is 0.385. The van der Waals surface area contributed by atoms with Gasteiger partial charge in [-0.1, -0.05) is 30.3 Å². The van der Waals surface area contributed by atoms with Gasteiger partial charge in [0.2, 0.25) is 0 Å². The lowest BCUT2D eigenvalue weighted by molar-refractivity contribution is -0.143. The Morgan fingerprint density at radius 3 is 2.49 bits per heavy atom. The molecular formula is C26H31NO8S2. The van der Waals surface area contributed by atoms with Crippen LogP contribution in [0.5, 0.6) is 11.5 Å². The number of esters is 1. The van der Waals surface area contributed by atoms with Crippen molar-refractivity contribution in [1.82, 2.24) is 4.90 Å². The molecule has 2 aromatic carbocycles. The fourth-order valence-electron chi connectivity index (χ4n) is 3.45. The van der Waals surface area contributed by atoms with Gasteiger partial charge in [0, 0.05) is 30.8 Å². The zero-order valence-corrected chi connectivity index (χ0v) is 22.7. The number of nitrogens with zero attached hydrogens (tertiary/aromatic N) is 1. The Hall–Kier alpha value is -3.15. The van der Waals surface area contributed by atoms with Gasteiger partial charge in [-0.3, -0.25) is 13.8 Å². The number of methoxy groups -OCH3 is 1. The van der Waals surface area contributed by atoms with Gasteiger partial charge in [0.25, 0.3) is 16.0 Å². The molecular weight excluding hydrogens is 518 g/mol. The van der Waals surface area contributed by atoms with E-state index >= 15 is 0 Å². The van der Waals surface area contributed by atoms with Crippen molar-refractivity contribution in [2.75, 3.05) is 40.5 Å². The molecule has 3 rings (SSSR count). The molecule has 0 aliphatic carbocycles. The monoisotopic (exact) mass is 549 g/mol. The second-order valence-electron chi connectivity index (χ2n) is 8.14. The van der Waals surface area contributed by atoms with E-state index in [0.29, 0.717) is 35.0 Å². The molecule has 0 aliphatic heterocycles. The molecule has 9 nitrogen and oxygen atoms in total. The number of benzene rings is 2. The van der Waals surface area contributed by atoms with Crippen molar-refractivity contribution in [1.29, 1.82) is 0 Å². The second-order valence-corrected chi connectivity index (χ2v) is 10.9. The topological polar surface area (TPSA) is 108 Å². The number of ether oxygens (including phenoxy) is 3. The molecule has 11 heteroatoms. The van der Waals surface area contributed by atoms with Gasteiger partial charge in [0.15, 0.2) is 11.5 Å². The maximum absolute atomic E-state index is 12.8. The zero-order valence-electron chi connectivity index (χ0n) is 21.1. The van der Waals surface area contributed by atoms with Gasteiger partial charge in [-0.2, -0.15) is 8.42 Å². The van der Waals surface area contributed by atoms with Gasteiger partial charge in [-0.25, -0.2) is 0 Å². The third-order valence-electron chi connectivity index (χ3n) is 5.31. The molecule has 1 heterocycles. The van der Waals surface area contributed by atoms with E-state index in [-0.39, 0.29) is 43.8 Å². The van der Waals surface area contributed by atoms with Gasteiger partial charge in [-0.05, 0) is 30.0 Å². The first-order valence-electron chi connectivity index (χ1n) is 11.8. The van der Waals surface area contributed by atoms with Crippen molar-refractivity contribution in [2.24, 2.45) is 0 Å². The molecule has 1 amide bonds. The number of amides is 1. The highest BCUT2D eigenvalue weighted by atomic mass is 32.2. The third-order valence-corrected chi connectivity index (χ3v) is 7.61. The van der Waals surface area contributed by atoms with E-state index in [1.165, 1.54) is 23.3 Å². The van der Waals surface area contributed by atoms with Crippen molar-refractivity contribution in [2.45, 2.75) is 25.5 Å². The van der Waals surface area contributed by atoms with Crippen LogP contribution in [0.25, 0.3) is 10.1 Å². The first-order chi connectivity index (χ1) is 17.7. The van der Waals surface area contributed by atoms with E-state index in [1.54, 1.807) is 56.4 Å². The Kier molecular flexibility index (Phi) is 10.3. The quantitative estimate of drug-likeness (QED) is 0.167. The van der Waals surface area contributed by atoms with E-state index in [1.807, 2.05) is 6.07 Å². The summed E-state index contributed by atoms with van der Waals surface area (Å²) >= 11 is 1.31. The summed E-state index contributed by atoms with van der Waals surface area (Å²) in [6.45, 7) is 2.51. The lowest BCUT2D eigenvalue weighted by Crippen LogP contribution is -2.28. The summed E-state index contributed by atoms with van der Waals surface area (Å²) in [4.78, 5) is 26.4. The van der Waals surface area contributed by atoms with Crippen LogP contribution in [-0.2, 0) is 29.6 Å². The minimum absolute atomic E-state index is 0.00445. The second kappa shape index (κ2) is 13.4. The standard InChI is InChI=1S/C26H31NO8S2/c1-4-33-25(28)11-12-27(2)26(29)24-16-20-15-21(32-3)22(17-23(20)36-24)34-13-8-14-35-37(30,31)18-19-9-6-5-7-10-19/h5-7,9-10,15-17H,4,8,11-14,18H2,1-3H3. The Bertz CT molecular complexity index is 1300. The van der Waals surface area contributed by atoms with E-state index in [4.69, 9.17) is 18.4 Å². The van der Waals surface area contributed by atoms with Crippen LogP contribution in [0.3, 0.4) is 0 Å². The van der Waals surface area contributed by atoms with Crippen LogP contribution in [0.4, 0.5) is 0 Å². The molecule has 0 saturated carbocycles. The van der Waals surface area contributed by atoms with Crippen molar-refractivity contribution < 1.29 is 36.4 Å². The van der Waals surface area contributed by atoms with Crippen LogP contribution in [0, 0.1) is 0 Å². The largest absolute Gasteiger partial charge is 0.493 e. The average Bonchev–Trinajstić information content (AvgIpc) is 3.29. The lowest BCUT2D eigenvalue weighted by atomic mass is 10.2. The summed E-state index contributed by atoms with van der Waals surface area (Å²) in [6, 6.07) is 14.2. The first kappa shape index (κ1) is 28.4. The smallest absolute Gasteiger partial charge is 0.307 e. The van der Waals surface area contributed by atoms with Crippen molar-refractivity contribution >= 4 is 43.4 Å². The molecule has 200 valence electrons. The van der Waals surface area contributed by atoms with Crippen molar-refractivity contribution in [3.05, 3.63) is 59.0 Å². The number of hydrogen-bond donors (Lipinski definition) is 0. The minimum atomic E-state index is -3.69. The number of carbonyl (C=O) groups excluding carboxylic acids is 2. The molecule has 1 aromatic heterocycles. The molecule has 0 spiro atoms. The predicted molar refractivity (Wildman–Crippen MR) is 142 cm³/mol. The van der Waals surface area contributed by atoms with Crippen LogP contribution in [-0.4, -0.2) is 65.7 Å². The Labute approximate surface area is 221 Å². The molecule has 0 fully saturated rings.